The van der Waals surface area contributed by atoms with Gasteiger partial charge in [-0.1, -0.05) is 12.8 Å². The molecular weight excluding hydrogens is 302 g/mol. The first-order chi connectivity index (χ1) is 11.8. The molecule has 6 heteroatoms. The van der Waals surface area contributed by atoms with Gasteiger partial charge in [-0.15, -0.1) is 0 Å². The van der Waals surface area contributed by atoms with E-state index in [2.05, 4.69) is 20.2 Å². The quantitative estimate of drug-likeness (QED) is 0.922. The molecule has 1 saturated heterocycles. The zero-order valence-corrected chi connectivity index (χ0v) is 14.2. The minimum absolute atomic E-state index is 0.139. The molecule has 24 heavy (non-hydrogen) atoms. The predicted molar refractivity (Wildman–Crippen MR) is 92.9 cm³/mol. The minimum atomic E-state index is 0.139. The van der Waals surface area contributed by atoms with Gasteiger partial charge in [-0.25, -0.2) is 14.8 Å². The molecule has 6 nitrogen and oxygen atoms in total. The number of piperidine rings is 1. The van der Waals surface area contributed by atoms with Crippen LogP contribution in [0, 0.1) is 0 Å². The van der Waals surface area contributed by atoms with Crippen LogP contribution in [-0.2, 0) is 0 Å². The van der Waals surface area contributed by atoms with E-state index in [1.54, 1.807) is 6.33 Å². The second-order valence-electron chi connectivity index (χ2n) is 7.36. The second-order valence-corrected chi connectivity index (χ2v) is 7.36. The summed E-state index contributed by atoms with van der Waals surface area (Å²) in [6.45, 7) is 1.69. The second kappa shape index (κ2) is 6.95. The third-order valence-corrected chi connectivity index (χ3v) is 5.60. The lowest BCUT2D eigenvalue weighted by molar-refractivity contribution is 0.176. The van der Waals surface area contributed by atoms with Gasteiger partial charge in [0.1, 0.15) is 12.1 Å². The molecule has 1 aromatic rings. The van der Waals surface area contributed by atoms with Crippen LogP contribution < -0.4 is 10.2 Å². The summed E-state index contributed by atoms with van der Waals surface area (Å²) in [4.78, 5) is 25.4. The van der Waals surface area contributed by atoms with Crippen molar-refractivity contribution in [2.24, 2.45) is 0 Å². The third-order valence-electron chi connectivity index (χ3n) is 5.60. The van der Waals surface area contributed by atoms with Crippen molar-refractivity contribution in [2.75, 3.05) is 18.0 Å². The lowest BCUT2D eigenvalue weighted by Gasteiger charge is -2.39. The molecule has 0 aromatic carbocycles. The number of nitrogens with zero attached hydrogens (tertiary/aromatic N) is 4. The van der Waals surface area contributed by atoms with Crippen LogP contribution in [0.15, 0.2) is 18.6 Å². The number of carbonyl (C=O) groups excluding carboxylic acids is 1. The molecule has 2 amide bonds. The molecule has 2 heterocycles. The Bertz CT molecular complexity index is 548. The maximum absolute atomic E-state index is 12.4. The number of hydrogen-bond acceptors (Lipinski definition) is 4. The van der Waals surface area contributed by atoms with Crippen LogP contribution in [0.2, 0.25) is 0 Å². The highest BCUT2D eigenvalue weighted by molar-refractivity contribution is 5.74. The molecule has 0 unspecified atom stereocenters. The number of hydrogen-bond donors (Lipinski definition) is 1. The van der Waals surface area contributed by atoms with Crippen molar-refractivity contribution < 1.29 is 4.79 Å². The highest BCUT2D eigenvalue weighted by atomic mass is 16.2. The number of urea groups is 1. The molecule has 130 valence electrons. The van der Waals surface area contributed by atoms with E-state index in [1.807, 2.05) is 17.2 Å². The van der Waals surface area contributed by atoms with Gasteiger partial charge >= 0.3 is 6.03 Å². The molecular formula is C18H27N5O. The lowest BCUT2D eigenvalue weighted by atomic mass is 10.0. The van der Waals surface area contributed by atoms with E-state index in [0.29, 0.717) is 18.1 Å². The van der Waals surface area contributed by atoms with E-state index < -0.39 is 0 Å². The van der Waals surface area contributed by atoms with Crippen molar-refractivity contribution in [1.82, 2.24) is 20.2 Å². The van der Waals surface area contributed by atoms with Crippen LogP contribution in [0.25, 0.3) is 0 Å². The summed E-state index contributed by atoms with van der Waals surface area (Å²) >= 11 is 0. The first-order valence-corrected chi connectivity index (χ1v) is 9.41. The first-order valence-electron chi connectivity index (χ1n) is 9.41. The van der Waals surface area contributed by atoms with Crippen molar-refractivity contribution in [3.63, 3.8) is 0 Å². The van der Waals surface area contributed by atoms with Crippen LogP contribution in [0.1, 0.15) is 51.4 Å². The SMILES string of the molecule is O=C(NC1CCCC1)N1CCC(N(c2ccncn2)C2CC2)CC1. The van der Waals surface area contributed by atoms with Crippen LogP contribution >= 0.6 is 0 Å². The maximum Gasteiger partial charge on any atom is 0.317 e. The molecule has 0 atom stereocenters. The van der Waals surface area contributed by atoms with Gasteiger partial charge in [0.05, 0.1) is 0 Å². The first kappa shape index (κ1) is 15.7. The Hall–Kier alpha value is -1.85. The van der Waals surface area contributed by atoms with Gasteiger partial charge in [-0.2, -0.15) is 0 Å². The van der Waals surface area contributed by atoms with Crippen LogP contribution in [-0.4, -0.2) is 52.1 Å². The number of anilines is 1. The highest BCUT2D eigenvalue weighted by Gasteiger charge is 2.37. The smallest absolute Gasteiger partial charge is 0.317 e. The van der Waals surface area contributed by atoms with Crippen molar-refractivity contribution in [2.45, 2.75) is 69.5 Å². The largest absolute Gasteiger partial charge is 0.350 e. The zero-order chi connectivity index (χ0) is 16.4. The topological polar surface area (TPSA) is 61.4 Å². The highest BCUT2D eigenvalue weighted by Crippen LogP contribution is 2.35. The summed E-state index contributed by atoms with van der Waals surface area (Å²) in [5, 5.41) is 3.21. The molecule has 2 aliphatic carbocycles. The number of rotatable bonds is 4. The van der Waals surface area contributed by atoms with Crippen LogP contribution in [0.4, 0.5) is 10.6 Å². The van der Waals surface area contributed by atoms with Gasteiger partial charge in [0.25, 0.3) is 0 Å². The normalized spacial score (nSPS) is 22.6. The molecule has 4 rings (SSSR count). The summed E-state index contributed by atoms with van der Waals surface area (Å²) < 4.78 is 0. The van der Waals surface area contributed by atoms with E-state index in [1.165, 1.54) is 25.7 Å². The van der Waals surface area contributed by atoms with Gasteiger partial charge in [0, 0.05) is 37.4 Å². The molecule has 2 saturated carbocycles. The number of amides is 2. The van der Waals surface area contributed by atoms with E-state index in [-0.39, 0.29) is 6.03 Å². The molecule has 0 radical (unpaired) electrons. The van der Waals surface area contributed by atoms with Crippen LogP contribution in [0.3, 0.4) is 0 Å². The Morgan fingerprint density at radius 2 is 1.79 bits per heavy atom. The molecule has 3 aliphatic rings. The average Bonchev–Trinajstić information content (AvgIpc) is 3.32. The molecule has 0 spiro atoms. The van der Waals surface area contributed by atoms with E-state index in [4.69, 9.17) is 0 Å². The monoisotopic (exact) mass is 329 g/mol. The summed E-state index contributed by atoms with van der Waals surface area (Å²) in [5.74, 6) is 1.04. The predicted octanol–water partition coefficient (Wildman–Crippen LogP) is 2.56. The Labute approximate surface area is 143 Å². The zero-order valence-electron chi connectivity index (χ0n) is 14.2. The van der Waals surface area contributed by atoms with Crippen molar-refractivity contribution in [3.8, 4) is 0 Å². The van der Waals surface area contributed by atoms with Crippen LogP contribution in [0.5, 0.6) is 0 Å². The van der Waals surface area contributed by atoms with Crippen molar-refractivity contribution >= 4 is 11.8 Å². The third kappa shape index (κ3) is 3.47. The fraction of sp³-hybridized carbons (Fsp3) is 0.722. The number of aromatic nitrogens is 2. The van der Waals surface area contributed by atoms with Gasteiger partial charge < -0.3 is 15.1 Å². The van der Waals surface area contributed by atoms with E-state index in [9.17, 15) is 4.79 Å². The molecule has 1 N–H and O–H groups in total. The fourth-order valence-corrected chi connectivity index (χ4v) is 4.14. The average molecular weight is 329 g/mol. The lowest BCUT2D eigenvalue weighted by Crippen LogP contribution is -2.51. The summed E-state index contributed by atoms with van der Waals surface area (Å²) in [7, 11) is 0. The minimum Gasteiger partial charge on any atom is -0.350 e. The van der Waals surface area contributed by atoms with Crippen molar-refractivity contribution in [3.05, 3.63) is 18.6 Å². The Kier molecular flexibility index (Phi) is 4.54. The number of carbonyl (C=O) groups is 1. The Morgan fingerprint density at radius 1 is 1.08 bits per heavy atom. The van der Waals surface area contributed by atoms with Gasteiger partial charge in [0.2, 0.25) is 0 Å². The summed E-state index contributed by atoms with van der Waals surface area (Å²) in [6.07, 6.45) is 12.8. The van der Waals surface area contributed by atoms with E-state index >= 15 is 0 Å². The molecule has 1 aliphatic heterocycles. The molecule has 3 fully saturated rings. The van der Waals surface area contributed by atoms with Gasteiger partial charge in [0.15, 0.2) is 0 Å². The molecule has 0 bridgehead atoms. The van der Waals surface area contributed by atoms with Gasteiger partial charge in [-0.05, 0) is 44.6 Å². The summed E-state index contributed by atoms with van der Waals surface area (Å²) in [6, 6.07) is 3.67. The maximum atomic E-state index is 12.4. The number of likely N-dealkylation sites (tertiary alicyclic amines) is 1. The standard InChI is InChI=1S/C18H27N5O/c24-18(21-14-3-1-2-4-14)22-11-8-16(9-12-22)23(15-5-6-15)17-7-10-19-13-20-17/h7,10,13-16H,1-6,8-9,11-12H2,(H,21,24). The fourth-order valence-electron chi connectivity index (χ4n) is 4.14. The van der Waals surface area contributed by atoms with Crippen molar-refractivity contribution in [1.29, 1.82) is 0 Å². The van der Waals surface area contributed by atoms with Gasteiger partial charge in [-0.3, -0.25) is 0 Å². The number of nitrogens with one attached hydrogen (secondary N) is 1. The molecule has 1 aromatic heterocycles. The summed E-state index contributed by atoms with van der Waals surface area (Å²) in [5.41, 5.74) is 0. The Morgan fingerprint density at radius 3 is 2.42 bits per heavy atom. The Balaban J connectivity index is 1.34. The van der Waals surface area contributed by atoms with E-state index in [0.717, 1.165) is 44.6 Å².